The Balaban J connectivity index is 1.65. The van der Waals surface area contributed by atoms with Crippen LogP contribution in [0.3, 0.4) is 0 Å². The number of benzene rings is 3. The number of aromatic nitrogens is 2. The number of hydrogen-bond donors (Lipinski definition) is 0. The summed E-state index contributed by atoms with van der Waals surface area (Å²) in [5.74, 6) is 0. The predicted octanol–water partition coefficient (Wildman–Crippen LogP) is 5.50. The number of rotatable bonds is 1. The van der Waals surface area contributed by atoms with Gasteiger partial charge in [-0.15, -0.1) is 9.13 Å². The molecule has 0 radical (unpaired) electrons. The lowest BCUT2D eigenvalue weighted by Crippen LogP contribution is -2.71. The smallest absolute Gasteiger partial charge is 0.125 e. The Kier molecular flexibility index (Phi) is 3.44. The summed E-state index contributed by atoms with van der Waals surface area (Å²) in [6, 6.07) is 37.4. The topological polar surface area (TPSA) is 7.76 Å². The monoisotopic (exact) mass is 410 g/mol. The molecule has 1 atom stereocenters. The summed E-state index contributed by atoms with van der Waals surface area (Å²) >= 11 is 0. The van der Waals surface area contributed by atoms with Gasteiger partial charge in [-0.3, -0.25) is 0 Å². The van der Waals surface area contributed by atoms with Gasteiger partial charge in [-0.2, -0.15) is 0 Å². The Morgan fingerprint density at radius 2 is 1.06 bits per heavy atom. The lowest BCUT2D eigenvalue weighted by Gasteiger charge is -2.18. The zero-order valence-corrected chi connectivity index (χ0v) is 17.9. The summed E-state index contributed by atoms with van der Waals surface area (Å²) in [7, 11) is 0. The average molecular weight is 411 g/mol. The number of fused-ring (bicyclic) bond motifs is 10. The maximum Gasteiger partial charge on any atom is 0.417 e. The van der Waals surface area contributed by atoms with Crippen LogP contribution in [0, 0.1) is 6.92 Å². The third-order valence-electron chi connectivity index (χ3n) is 7.01. The molecule has 7 rings (SSSR count). The van der Waals surface area contributed by atoms with Gasteiger partial charge in [0.05, 0.1) is 11.1 Å². The minimum absolute atomic E-state index is 0.436. The Morgan fingerprint density at radius 1 is 0.500 bits per heavy atom. The van der Waals surface area contributed by atoms with E-state index in [4.69, 9.17) is 0 Å². The molecule has 0 N–H and O–H groups in total. The van der Waals surface area contributed by atoms with Gasteiger partial charge in [0, 0.05) is 23.3 Å². The Bertz CT molecular complexity index is 1520. The first-order chi connectivity index (χ1) is 15.8. The second kappa shape index (κ2) is 6.24. The summed E-state index contributed by atoms with van der Waals surface area (Å²) in [6.45, 7) is 2.18. The lowest BCUT2D eigenvalue weighted by atomic mass is 9.90. The van der Waals surface area contributed by atoms with E-state index in [-0.39, 0.29) is 0 Å². The maximum atomic E-state index is 2.49. The van der Waals surface area contributed by atoms with Crippen molar-refractivity contribution in [1.29, 1.82) is 0 Å². The molecule has 0 fully saturated rings. The number of pyridine rings is 2. The van der Waals surface area contributed by atoms with Gasteiger partial charge >= 0.3 is 5.66 Å². The third kappa shape index (κ3) is 2.09. The normalized spacial score (nSPS) is 17.0. The Labute approximate surface area is 187 Å². The standard InChI is InChI=1S/C30H22N2/c1-21-15-17-28-24-11-5-7-13-26(24)30(31(28)19-21)27-14-8-6-12-25(27)29-18-16-23(20-32(29)30)22-9-3-2-4-10-22/h2-20H,1H3/q+2/t30-/m1/s1. The first-order valence-corrected chi connectivity index (χ1v) is 11.1. The van der Waals surface area contributed by atoms with Gasteiger partial charge in [-0.25, -0.2) is 0 Å². The van der Waals surface area contributed by atoms with Gasteiger partial charge in [0.25, 0.3) is 0 Å². The van der Waals surface area contributed by atoms with Crippen molar-refractivity contribution in [3.63, 3.8) is 0 Å². The van der Waals surface area contributed by atoms with Crippen LogP contribution in [0.5, 0.6) is 0 Å². The van der Waals surface area contributed by atoms with E-state index in [1.165, 1.54) is 50.3 Å². The molecule has 0 amide bonds. The molecule has 2 aliphatic rings. The van der Waals surface area contributed by atoms with Crippen LogP contribution >= 0.6 is 0 Å². The van der Waals surface area contributed by atoms with Crippen LogP contribution < -0.4 is 9.13 Å². The van der Waals surface area contributed by atoms with Crippen LogP contribution in [0.1, 0.15) is 16.7 Å². The molecule has 2 nitrogen and oxygen atoms in total. The average Bonchev–Trinajstić information content (AvgIpc) is 3.31. The third-order valence-corrected chi connectivity index (χ3v) is 7.01. The van der Waals surface area contributed by atoms with Crippen molar-refractivity contribution in [3.05, 3.63) is 132 Å². The maximum absolute atomic E-state index is 2.49. The minimum Gasteiger partial charge on any atom is -0.125 e. The second-order valence-electron chi connectivity index (χ2n) is 8.76. The van der Waals surface area contributed by atoms with E-state index in [2.05, 4.69) is 132 Å². The Hall–Kier alpha value is -4.04. The molecule has 2 aromatic heterocycles. The molecule has 1 spiro atoms. The number of aryl methyl sites for hydroxylation is 1. The predicted molar refractivity (Wildman–Crippen MR) is 126 cm³/mol. The van der Waals surface area contributed by atoms with Crippen molar-refractivity contribution in [2.24, 2.45) is 0 Å². The van der Waals surface area contributed by atoms with Gasteiger partial charge in [0.1, 0.15) is 11.1 Å². The van der Waals surface area contributed by atoms with E-state index in [1.54, 1.807) is 0 Å². The molecule has 32 heavy (non-hydrogen) atoms. The highest BCUT2D eigenvalue weighted by molar-refractivity contribution is 5.74. The van der Waals surface area contributed by atoms with Crippen LogP contribution in [0.2, 0.25) is 0 Å². The van der Waals surface area contributed by atoms with Crippen molar-refractivity contribution < 1.29 is 9.13 Å². The summed E-state index contributed by atoms with van der Waals surface area (Å²) in [5, 5.41) is 0. The van der Waals surface area contributed by atoms with Crippen molar-refractivity contribution in [2.75, 3.05) is 0 Å². The van der Waals surface area contributed by atoms with Crippen LogP contribution in [0.15, 0.2) is 116 Å². The summed E-state index contributed by atoms with van der Waals surface area (Å²) in [6.07, 6.45) is 4.65. The van der Waals surface area contributed by atoms with Gasteiger partial charge < -0.3 is 0 Å². The quantitative estimate of drug-likeness (QED) is 0.316. The van der Waals surface area contributed by atoms with Crippen LogP contribution in [-0.4, -0.2) is 0 Å². The zero-order valence-electron chi connectivity index (χ0n) is 17.9. The first kappa shape index (κ1) is 17.6. The van der Waals surface area contributed by atoms with Crippen molar-refractivity contribution in [3.8, 4) is 33.6 Å². The molecule has 0 aliphatic carbocycles. The summed E-state index contributed by atoms with van der Waals surface area (Å²) in [4.78, 5) is 0. The van der Waals surface area contributed by atoms with Gasteiger partial charge in [-0.05, 0) is 48.9 Å². The van der Waals surface area contributed by atoms with E-state index in [0.29, 0.717) is 0 Å². The molecule has 3 aromatic carbocycles. The highest BCUT2D eigenvalue weighted by Crippen LogP contribution is 2.47. The van der Waals surface area contributed by atoms with E-state index in [1.807, 2.05) is 0 Å². The molecular weight excluding hydrogens is 388 g/mol. The molecule has 5 aromatic rings. The van der Waals surface area contributed by atoms with Gasteiger partial charge in [0.2, 0.25) is 11.4 Å². The van der Waals surface area contributed by atoms with Gasteiger partial charge in [-0.1, -0.05) is 54.6 Å². The summed E-state index contributed by atoms with van der Waals surface area (Å²) in [5.41, 5.74) is 11.0. The molecule has 0 unspecified atom stereocenters. The van der Waals surface area contributed by atoms with Crippen LogP contribution in [0.25, 0.3) is 33.6 Å². The molecular formula is C30H22N2+2. The minimum atomic E-state index is -0.436. The molecule has 150 valence electrons. The summed E-state index contributed by atoms with van der Waals surface area (Å²) < 4.78 is 4.98. The fourth-order valence-corrected chi connectivity index (χ4v) is 5.68. The highest BCUT2D eigenvalue weighted by Gasteiger charge is 2.66. The van der Waals surface area contributed by atoms with Gasteiger partial charge in [0.15, 0.2) is 12.4 Å². The van der Waals surface area contributed by atoms with Crippen molar-refractivity contribution in [1.82, 2.24) is 0 Å². The SMILES string of the molecule is Cc1ccc2[n+](c1)[C@@]1(c3ccccc3-2)c2ccccc2-c2ccc(-c3ccccc3)c[n+]21. The molecule has 0 saturated carbocycles. The van der Waals surface area contributed by atoms with Crippen molar-refractivity contribution in [2.45, 2.75) is 12.6 Å². The van der Waals surface area contributed by atoms with E-state index in [9.17, 15) is 0 Å². The molecule has 0 bridgehead atoms. The zero-order chi connectivity index (χ0) is 21.3. The first-order valence-electron chi connectivity index (χ1n) is 11.1. The van der Waals surface area contributed by atoms with E-state index < -0.39 is 5.66 Å². The van der Waals surface area contributed by atoms with E-state index in [0.717, 1.165) is 0 Å². The fourth-order valence-electron chi connectivity index (χ4n) is 5.68. The Morgan fingerprint density at radius 3 is 1.75 bits per heavy atom. The van der Waals surface area contributed by atoms with Crippen molar-refractivity contribution >= 4 is 0 Å². The molecule has 4 heterocycles. The fraction of sp³-hybridized carbons (Fsp3) is 0.0667. The molecule has 2 heteroatoms. The van der Waals surface area contributed by atoms with Crippen LogP contribution in [-0.2, 0) is 5.66 Å². The highest BCUT2D eigenvalue weighted by atomic mass is 15.3. The number of nitrogens with zero attached hydrogens (tertiary/aromatic N) is 2. The second-order valence-corrected chi connectivity index (χ2v) is 8.76. The molecule has 0 saturated heterocycles. The van der Waals surface area contributed by atoms with Crippen LogP contribution in [0.4, 0.5) is 0 Å². The molecule has 2 aliphatic heterocycles. The largest absolute Gasteiger partial charge is 0.417 e. The lowest BCUT2D eigenvalue weighted by molar-refractivity contribution is -0.955. The number of hydrogen-bond acceptors (Lipinski definition) is 0. The van der Waals surface area contributed by atoms with E-state index >= 15 is 0 Å².